The highest BCUT2D eigenvalue weighted by Crippen LogP contribution is 2.10. The first-order valence-corrected chi connectivity index (χ1v) is 10.5. The normalized spacial score (nSPS) is 11.3. The second-order valence-electron chi connectivity index (χ2n) is 5.41. The number of rotatable bonds is 18. The first kappa shape index (κ1) is 25.2. The number of hydrogen-bond donors (Lipinski definition) is 0. The summed E-state index contributed by atoms with van der Waals surface area (Å²) in [4.78, 5) is 10.9. The molecule has 0 bridgehead atoms. The van der Waals surface area contributed by atoms with Crippen LogP contribution in [0.4, 0.5) is 0 Å². The molecule has 0 N–H and O–H groups in total. The van der Waals surface area contributed by atoms with Crippen LogP contribution in [0, 0.1) is 0 Å². The molecule has 0 aliphatic carbocycles. The van der Waals surface area contributed by atoms with Gasteiger partial charge in [-0.1, -0.05) is 24.8 Å². The minimum Gasteiger partial charge on any atom is -0.460 e. The maximum absolute atomic E-state index is 11.9. The van der Waals surface area contributed by atoms with Crippen molar-refractivity contribution in [2.45, 2.75) is 4.90 Å². The van der Waals surface area contributed by atoms with E-state index >= 15 is 0 Å². The Bertz CT molecular complexity index is 662. The van der Waals surface area contributed by atoms with E-state index in [0.29, 0.717) is 46.2 Å². The quantitative estimate of drug-likeness (QED) is 0.146. The van der Waals surface area contributed by atoms with Gasteiger partial charge in [0.15, 0.2) is 0 Å². The Balaban J connectivity index is 1.83. The smallest absolute Gasteiger partial charge is 0.330 e. The van der Waals surface area contributed by atoms with Gasteiger partial charge in [-0.2, -0.15) is 8.42 Å². The van der Waals surface area contributed by atoms with Crippen LogP contribution in [0.15, 0.2) is 47.9 Å². The van der Waals surface area contributed by atoms with Crippen molar-refractivity contribution < 1.29 is 41.1 Å². The van der Waals surface area contributed by atoms with E-state index in [-0.39, 0.29) is 24.7 Å². The van der Waals surface area contributed by atoms with Crippen LogP contribution >= 0.6 is 0 Å². The fourth-order valence-corrected chi connectivity index (χ4v) is 2.79. The van der Waals surface area contributed by atoms with Gasteiger partial charge in [0, 0.05) is 6.08 Å². The number of ether oxygens (including phenoxy) is 5. The molecule has 0 spiro atoms. The number of benzene rings is 1. The van der Waals surface area contributed by atoms with Gasteiger partial charge in [0.25, 0.3) is 10.1 Å². The van der Waals surface area contributed by atoms with Crippen molar-refractivity contribution in [2.24, 2.45) is 0 Å². The molecule has 0 heterocycles. The molecule has 0 unspecified atom stereocenters. The van der Waals surface area contributed by atoms with Crippen molar-refractivity contribution in [3.05, 3.63) is 43.0 Å². The second kappa shape index (κ2) is 16.0. The molecule has 0 fully saturated rings. The topological polar surface area (TPSA) is 107 Å². The zero-order valence-electron chi connectivity index (χ0n) is 16.3. The van der Waals surface area contributed by atoms with Gasteiger partial charge in [-0.15, -0.1) is 0 Å². The SMILES string of the molecule is C=CC(=O)OCCOCCOCCOCCOCCOS(=O)(=O)c1ccccc1. The van der Waals surface area contributed by atoms with Gasteiger partial charge >= 0.3 is 5.97 Å². The number of hydrogen-bond acceptors (Lipinski definition) is 9. The summed E-state index contributed by atoms with van der Waals surface area (Å²) in [6, 6.07) is 7.93. The third-order valence-electron chi connectivity index (χ3n) is 3.25. The van der Waals surface area contributed by atoms with Gasteiger partial charge in [0.1, 0.15) is 6.61 Å². The average molecular weight is 432 g/mol. The standard InChI is InChI=1S/C19H28O9S/c1-2-19(20)27-16-14-25-12-10-23-8-9-24-11-13-26-15-17-28-29(21,22)18-6-4-3-5-7-18/h2-7H,1,8-17H2. The van der Waals surface area contributed by atoms with Gasteiger partial charge in [0.2, 0.25) is 0 Å². The van der Waals surface area contributed by atoms with E-state index in [4.69, 9.17) is 27.9 Å². The first-order chi connectivity index (χ1) is 14.1. The van der Waals surface area contributed by atoms with Crippen LogP contribution in [0.2, 0.25) is 0 Å². The molecule has 10 heteroatoms. The lowest BCUT2D eigenvalue weighted by Gasteiger charge is -2.08. The third kappa shape index (κ3) is 13.1. The third-order valence-corrected chi connectivity index (χ3v) is 4.58. The molecule has 0 aliphatic rings. The average Bonchev–Trinajstić information content (AvgIpc) is 2.73. The van der Waals surface area contributed by atoms with E-state index < -0.39 is 16.1 Å². The Morgan fingerprint density at radius 2 is 1.21 bits per heavy atom. The molecule has 164 valence electrons. The lowest BCUT2D eigenvalue weighted by Crippen LogP contribution is -2.15. The van der Waals surface area contributed by atoms with E-state index in [0.717, 1.165) is 6.08 Å². The second-order valence-corrected chi connectivity index (χ2v) is 7.03. The van der Waals surface area contributed by atoms with Crippen molar-refractivity contribution in [3.63, 3.8) is 0 Å². The Labute approximate surface area is 171 Å². The van der Waals surface area contributed by atoms with Crippen LogP contribution in [-0.4, -0.2) is 80.5 Å². The maximum Gasteiger partial charge on any atom is 0.330 e. The Morgan fingerprint density at radius 3 is 1.69 bits per heavy atom. The van der Waals surface area contributed by atoms with E-state index in [1.165, 1.54) is 12.1 Å². The first-order valence-electron chi connectivity index (χ1n) is 9.11. The van der Waals surface area contributed by atoms with E-state index in [1.807, 2.05) is 0 Å². The zero-order valence-corrected chi connectivity index (χ0v) is 17.1. The molecular weight excluding hydrogens is 404 g/mol. The molecule has 0 saturated heterocycles. The van der Waals surface area contributed by atoms with Crippen LogP contribution in [0.5, 0.6) is 0 Å². The van der Waals surface area contributed by atoms with Crippen LogP contribution in [0.3, 0.4) is 0 Å². The predicted molar refractivity (Wildman–Crippen MR) is 104 cm³/mol. The predicted octanol–water partition coefficient (Wildman–Crippen LogP) is 1.19. The summed E-state index contributed by atoms with van der Waals surface area (Å²) in [5.74, 6) is -0.476. The molecule has 1 aromatic rings. The Kier molecular flexibility index (Phi) is 13.9. The Morgan fingerprint density at radius 1 is 0.759 bits per heavy atom. The van der Waals surface area contributed by atoms with Crippen molar-refractivity contribution >= 4 is 16.1 Å². The highest BCUT2D eigenvalue weighted by atomic mass is 32.2. The van der Waals surface area contributed by atoms with Gasteiger partial charge < -0.3 is 23.7 Å². The summed E-state index contributed by atoms with van der Waals surface area (Å²) < 4.78 is 54.4. The summed E-state index contributed by atoms with van der Waals surface area (Å²) in [5.41, 5.74) is 0. The molecule has 0 saturated carbocycles. The maximum atomic E-state index is 11.9. The zero-order chi connectivity index (χ0) is 21.2. The largest absolute Gasteiger partial charge is 0.460 e. The van der Waals surface area contributed by atoms with Crippen molar-refractivity contribution in [1.29, 1.82) is 0 Å². The molecule has 0 aromatic heterocycles. The fourth-order valence-electron chi connectivity index (χ4n) is 1.88. The summed E-state index contributed by atoms with van der Waals surface area (Å²) >= 11 is 0. The van der Waals surface area contributed by atoms with Crippen molar-refractivity contribution in [2.75, 3.05) is 66.1 Å². The minimum absolute atomic E-state index is 0.0624. The molecule has 0 amide bonds. The highest BCUT2D eigenvalue weighted by molar-refractivity contribution is 7.86. The number of esters is 1. The Hall–Kier alpha value is -1.82. The minimum atomic E-state index is -3.75. The molecule has 0 radical (unpaired) electrons. The summed E-state index contributed by atoms with van der Waals surface area (Å²) in [5, 5.41) is 0. The van der Waals surface area contributed by atoms with E-state index in [2.05, 4.69) is 6.58 Å². The van der Waals surface area contributed by atoms with Gasteiger partial charge in [-0.25, -0.2) is 4.79 Å². The number of carbonyl (C=O) groups excluding carboxylic acids is 1. The van der Waals surface area contributed by atoms with Gasteiger partial charge in [-0.05, 0) is 12.1 Å². The van der Waals surface area contributed by atoms with Gasteiger partial charge in [0.05, 0.1) is 64.4 Å². The van der Waals surface area contributed by atoms with E-state index in [9.17, 15) is 13.2 Å². The van der Waals surface area contributed by atoms with E-state index in [1.54, 1.807) is 18.2 Å². The summed E-state index contributed by atoms with van der Waals surface area (Å²) in [7, 11) is -3.75. The van der Waals surface area contributed by atoms with Gasteiger partial charge in [-0.3, -0.25) is 4.18 Å². The fraction of sp³-hybridized carbons (Fsp3) is 0.526. The van der Waals surface area contributed by atoms with Crippen molar-refractivity contribution in [1.82, 2.24) is 0 Å². The lowest BCUT2D eigenvalue weighted by atomic mass is 10.4. The van der Waals surface area contributed by atoms with Crippen LogP contribution in [0.25, 0.3) is 0 Å². The highest BCUT2D eigenvalue weighted by Gasteiger charge is 2.13. The lowest BCUT2D eigenvalue weighted by molar-refractivity contribution is -0.139. The molecule has 0 aliphatic heterocycles. The van der Waals surface area contributed by atoms with Crippen LogP contribution in [0.1, 0.15) is 0 Å². The molecule has 9 nitrogen and oxygen atoms in total. The van der Waals surface area contributed by atoms with Crippen molar-refractivity contribution in [3.8, 4) is 0 Å². The number of carbonyl (C=O) groups is 1. The monoisotopic (exact) mass is 432 g/mol. The molecular formula is C19H28O9S. The summed E-state index contributed by atoms with van der Waals surface area (Å²) in [6.07, 6.45) is 1.10. The molecule has 29 heavy (non-hydrogen) atoms. The molecule has 0 atom stereocenters. The molecule has 1 aromatic carbocycles. The van der Waals surface area contributed by atoms with Crippen LogP contribution in [-0.2, 0) is 42.8 Å². The summed E-state index contributed by atoms with van der Waals surface area (Å²) in [6.45, 7) is 6.13. The van der Waals surface area contributed by atoms with Crippen LogP contribution < -0.4 is 0 Å². The molecule has 1 rings (SSSR count).